The maximum absolute atomic E-state index is 8.26. The van der Waals surface area contributed by atoms with Crippen molar-refractivity contribution in [2.24, 2.45) is 0 Å². The van der Waals surface area contributed by atoms with Gasteiger partial charge in [-0.1, -0.05) is 12.8 Å². The quantitative estimate of drug-likeness (QED) is 0.479. The third-order valence-electron chi connectivity index (χ3n) is 1.72. The Hall–Kier alpha value is -0.990. The van der Waals surface area contributed by atoms with Crippen LogP contribution in [0.5, 0.6) is 0 Å². The van der Waals surface area contributed by atoms with Crippen LogP contribution in [0.25, 0.3) is 0 Å². The Labute approximate surface area is 75.0 Å². The molecule has 2 heteroatoms. The lowest BCUT2D eigenvalue weighted by Gasteiger charge is -2.08. The van der Waals surface area contributed by atoms with E-state index in [0.717, 1.165) is 25.8 Å². The SMILES string of the molecule is C#CC(CC)NCCCCC#N. The van der Waals surface area contributed by atoms with Crippen molar-refractivity contribution < 1.29 is 0 Å². The summed E-state index contributed by atoms with van der Waals surface area (Å²) in [5.74, 6) is 2.67. The number of rotatable bonds is 6. The van der Waals surface area contributed by atoms with Crippen LogP contribution >= 0.6 is 0 Å². The summed E-state index contributed by atoms with van der Waals surface area (Å²) >= 11 is 0. The molecule has 2 nitrogen and oxygen atoms in total. The van der Waals surface area contributed by atoms with Crippen molar-refractivity contribution in [1.82, 2.24) is 5.32 Å². The van der Waals surface area contributed by atoms with E-state index >= 15 is 0 Å². The number of terminal acetylenes is 1. The Morgan fingerprint density at radius 1 is 1.50 bits per heavy atom. The Morgan fingerprint density at radius 3 is 2.75 bits per heavy atom. The van der Waals surface area contributed by atoms with E-state index in [-0.39, 0.29) is 6.04 Å². The van der Waals surface area contributed by atoms with Crippen LogP contribution in [0.1, 0.15) is 32.6 Å². The molecule has 1 atom stereocenters. The average molecular weight is 164 g/mol. The van der Waals surface area contributed by atoms with Gasteiger partial charge in [0.25, 0.3) is 0 Å². The van der Waals surface area contributed by atoms with Crippen molar-refractivity contribution >= 4 is 0 Å². The highest BCUT2D eigenvalue weighted by Gasteiger charge is 1.98. The van der Waals surface area contributed by atoms with Gasteiger partial charge in [-0.25, -0.2) is 0 Å². The molecule has 0 spiro atoms. The normalized spacial score (nSPS) is 11.6. The topological polar surface area (TPSA) is 35.8 Å². The highest BCUT2D eigenvalue weighted by molar-refractivity contribution is 4.97. The van der Waals surface area contributed by atoms with Crippen molar-refractivity contribution in [1.29, 1.82) is 5.26 Å². The van der Waals surface area contributed by atoms with E-state index in [4.69, 9.17) is 11.7 Å². The van der Waals surface area contributed by atoms with Crippen LogP contribution in [0.2, 0.25) is 0 Å². The van der Waals surface area contributed by atoms with Crippen molar-refractivity contribution in [3.8, 4) is 18.4 Å². The molecule has 0 aliphatic heterocycles. The zero-order valence-corrected chi connectivity index (χ0v) is 7.64. The summed E-state index contributed by atoms with van der Waals surface area (Å²) in [6.07, 6.45) is 8.87. The third-order valence-corrected chi connectivity index (χ3v) is 1.72. The first kappa shape index (κ1) is 11.0. The summed E-state index contributed by atoms with van der Waals surface area (Å²) in [5, 5.41) is 11.5. The molecule has 0 aliphatic rings. The van der Waals surface area contributed by atoms with Gasteiger partial charge in [0.05, 0.1) is 12.1 Å². The second-order valence-corrected chi connectivity index (χ2v) is 2.70. The van der Waals surface area contributed by atoms with Crippen LogP contribution in [0.4, 0.5) is 0 Å². The number of hydrogen-bond donors (Lipinski definition) is 1. The smallest absolute Gasteiger partial charge is 0.0684 e. The molecule has 66 valence electrons. The zero-order valence-electron chi connectivity index (χ0n) is 7.64. The van der Waals surface area contributed by atoms with Crippen LogP contribution in [-0.2, 0) is 0 Å². The van der Waals surface area contributed by atoms with Gasteiger partial charge < -0.3 is 5.32 Å². The number of hydrogen-bond acceptors (Lipinski definition) is 2. The molecule has 0 radical (unpaired) electrons. The lowest BCUT2D eigenvalue weighted by atomic mass is 10.2. The molecular weight excluding hydrogens is 148 g/mol. The Morgan fingerprint density at radius 2 is 2.25 bits per heavy atom. The van der Waals surface area contributed by atoms with Gasteiger partial charge in [0.2, 0.25) is 0 Å². The molecule has 0 bridgehead atoms. The molecule has 12 heavy (non-hydrogen) atoms. The minimum absolute atomic E-state index is 0.201. The van der Waals surface area contributed by atoms with E-state index in [2.05, 4.69) is 24.2 Å². The minimum Gasteiger partial charge on any atom is -0.304 e. The summed E-state index contributed by atoms with van der Waals surface area (Å²) in [5.41, 5.74) is 0. The van der Waals surface area contributed by atoms with E-state index in [1.165, 1.54) is 0 Å². The van der Waals surface area contributed by atoms with Crippen LogP contribution in [0.3, 0.4) is 0 Å². The van der Waals surface area contributed by atoms with Crippen molar-refractivity contribution in [3.05, 3.63) is 0 Å². The maximum atomic E-state index is 8.26. The predicted molar refractivity (Wildman–Crippen MR) is 50.4 cm³/mol. The largest absolute Gasteiger partial charge is 0.304 e. The van der Waals surface area contributed by atoms with Crippen LogP contribution < -0.4 is 5.32 Å². The summed E-state index contributed by atoms with van der Waals surface area (Å²) in [6.45, 7) is 2.98. The van der Waals surface area contributed by atoms with Crippen molar-refractivity contribution in [2.45, 2.75) is 38.6 Å². The molecule has 1 unspecified atom stereocenters. The number of unbranched alkanes of at least 4 members (excludes halogenated alkanes) is 2. The number of nitrogens with zero attached hydrogens (tertiary/aromatic N) is 1. The average Bonchev–Trinajstić information content (AvgIpc) is 2.11. The fraction of sp³-hybridized carbons (Fsp3) is 0.700. The van der Waals surface area contributed by atoms with Crippen LogP contribution in [-0.4, -0.2) is 12.6 Å². The van der Waals surface area contributed by atoms with Gasteiger partial charge in [-0.2, -0.15) is 5.26 Å². The van der Waals surface area contributed by atoms with E-state index in [1.807, 2.05) is 0 Å². The molecule has 1 N–H and O–H groups in total. The van der Waals surface area contributed by atoms with E-state index in [9.17, 15) is 0 Å². The first-order chi connectivity index (χ1) is 5.85. The first-order valence-corrected chi connectivity index (χ1v) is 4.41. The standard InChI is InChI=1S/C10H16N2/c1-3-10(4-2)12-9-7-5-6-8-11/h1,10,12H,4-7,9H2,2H3. The van der Waals surface area contributed by atoms with Gasteiger partial charge in [0.15, 0.2) is 0 Å². The van der Waals surface area contributed by atoms with E-state index < -0.39 is 0 Å². The van der Waals surface area contributed by atoms with E-state index in [1.54, 1.807) is 0 Å². The Balaban J connectivity index is 3.20. The van der Waals surface area contributed by atoms with Gasteiger partial charge in [0.1, 0.15) is 0 Å². The molecular formula is C10H16N2. The maximum Gasteiger partial charge on any atom is 0.0684 e. The molecule has 0 amide bonds. The van der Waals surface area contributed by atoms with Gasteiger partial charge in [0, 0.05) is 6.42 Å². The predicted octanol–water partition coefficient (Wildman–Crippen LogP) is 1.68. The lowest BCUT2D eigenvalue weighted by Crippen LogP contribution is -2.27. The van der Waals surface area contributed by atoms with Crippen molar-refractivity contribution in [2.75, 3.05) is 6.54 Å². The van der Waals surface area contributed by atoms with Crippen LogP contribution in [0.15, 0.2) is 0 Å². The third kappa shape index (κ3) is 5.77. The monoisotopic (exact) mass is 164 g/mol. The fourth-order valence-corrected chi connectivity index (χ4v) is 0.926. The molecule has 0 saturated carbocycles. The van der Waals surface area contributed by atoms with Crippen molar-refractivity contribution in [3.63, 3.8) is 0 Å². The minimum atomic E-state index is 0.201. The molecule has 0 fully saturated rings. The fourth-order valence-electron chi connectivity index (χ4n) is 0.926. The zero-order chi connectivity index (χ0) is 9.23. The molecule has 0 aromatic heterocycles. The number of nitrogens with one attached hydrogen (secondary N) is 1. The molecule has 0 aliphatic carbocycles. The van der Waals surface area contributed by atoms with Gasteiger partial charge in [-0.3, -0.25) is 0 Å². The first-order valence-electron chi connectivity index (χ1n) is 4.41. The molecule has 0 saturated heterocycles. The van der Waals surface area contributed by atoms with Gasteiger partial charge in [-0.15, -0.1) is 6.42 Å². The summed E-state index contributed by atoms with van der Waals surface area (Å²) in [4.78, 5) is 0. The highest BCUT2D eigenvalue weighted by atomic mass is 14.9. The summed E-state index contributed by atoms with van der Waals surface area (Å²) < 4.78 is 0. The molecule has 0 aromatic carbocycles. The molecule has 0 aromatic rings. The summed E-state index contributed by atoms with van der Waals surface area (Å²) in [7, 11) is 0. The van der Waals surface area contributed by atoms with Gasteiger partial charge >= 0.3 is 0 Å². The lowest BCUT2D eigenvalue weighted by molar-refractivity contribution is 0.564. The summed E-state index contributed by atoms with van der Waals surface area (Å²) in [6, 6.07) is 2.32. The highest BCUT2D eigenvalue weighted by Crippen LogP contribution is 1.93. The van der Waals surface area contributed by atoms with E-state index in [0.29, 0.717) is 6.42 Å². The second kappa shape index (κ2) is 8.11. The van der Waals surface area contributed by atoms with Crippen LogP contribution in [0, 0.1) is 23.7 Å². The Kier molecular flexibility index (Phi) is 7.44. The molecule has 0 rings (SSSR count). The molecule has 0 heterocycles. The van der Waals surface area contributed by atoms with Gasteiger partial charge in [-0.05, 0) is 25.8 Å². The second-order valence-electron chi connectivity index (χ2n) is 2.70. The Bertz CT molecular complexity index is 173. The number of nitriles is 1.